The molecule has 2 aliphatic rings. The average Bonchev–Trinajstić information content (AvgIpc) is 3.17. The second-order valence-electron chi connectivity index (χ2n) is 8.67. The van der Waals surface area contributed by atoms with Gasteiger partial charge >= 0.3 is 0 Å². The van der Waals surface area contributed by atoms with Crippen LogP contribution in [0.25, 0.3) is 10.9 Å². The van der Waals surface area contributed by atoms with E-state index in [0.29, 0.717) is 11.4 Å². The lowest BCUT2D eigenvalue weighted by molar-refractivity contribution is 0.213. The van der Waals surface area contributed by atoms with Crippen molar-refractivity contribution in [3.8, 4) is 0 Å². The first kappa shape index (κ1) is 19.4. The minimum Gasteiger partial charge on any atom is -0.303 e. The van der Waals surface area contributed by atoms with Crippen molar-refractivity contribution in [2.45, 2.75) is 57.9 Å². The van der Waals surface area contributed by atoms with Crippen LogP contribution in [-0.4, -0.2) is 44.3 Å². The summed E-state index contributed by atoms with van der Waals surface area (Å²) in [6, 6.07) is 4.82. The fourth-order valence-corrected chi connectivity index (χ4v) is 5.05. The van der Waals surface area contributed by atoms with E-state index < -0.39 is 0 Å². The zero-order valence-corrected chi connectivity index (χ0v) is 17.5. The normalized spacial score (nSPS) is 18.1. The number of likely N-dealkylation sites (tertiary alicyclic amines) is 1. The van der Waals surface area contributed by atoms with Crippen molar-refractivity contribution in [3.63, 3.8) is 0 Å². The van der Waals surface area contributed by atoms with Gasteiger partial charge in [-0.2, -0.15) is 5.10 Å². The van der Waals surface area contributed by atoms with Gasteiger partial charge in [0, 0.05) is 53.8 Å². The first-order valence-electron chi connectivity index (χ1n) is 11.0. The summed E-state index contributed by atoms with van der Waals surface area (Å²) in [7, 11) is 0. The van der Waals surface area contributed by atoms with E-state index in [9.17, 15) is 9.18 Å². The highest BCUT2D eigenvalue weighted by Crippen LogP contribution is 2.31. The largest absolute Gasteiger partial charge is 0.303 e. The fourth-order valence-electron chi connectivity index (χ4n) is 5.05. The number of H-pyrrole nitrogens is 1. The van der Waals surface area contributed by atoms with Gasteiger partial charge in [-0.25, -0.2) is 9.37 Å². The number of benzene rings is 1. The molecule has 1 aromatic carbocycles. The van der Waals surface area contributed by atoms with Crippen molar-refractivity contribution in [2.75, 3.05) is 19.6 Å². The summed E-state index contributed by atoms with van der Waals surface area (Å²) in [5.41, 5.74) is 3.77. The van der Waals surface area contributed by atoms with Crippen LogP contribution in [0.4, 0.5) is 4.39 Å². The van der Waals surface area contributed by atoms with Crippen LogP contribution in [0, 0.1) is 12.7 Å². The van der Waals surface area contributed by atoms with E-state index in [-0.39, 0.29) is 11.4 Å². The molecule has 0 aliphatic carbocycles. The second kappa shape index (κ2) is 7.95. The number of nitrogens with zero attached hydrogens (tertiary/aromatic N) is 4. The highest BCUT2D eigenvalue weighted by molar-refractivity contribution is 5.81. The molecule has 6 nitrogen and oxygen atoms in total. The Balaban J connectivity index is 1.23. The van der Waals surface area contributed by atoms with Crippen LogP contribution in [0.2, 0.25) is 0 Å². The standard InChI is InChI=1S/C23H28FN5O/c1-15-18(23(30)29-10-3-2-4-21(29)25-15)9-13-28-11-7-16(8-12-28)22-19-6-5-17(24)14-20(19)26-27-22/h5-6,14,16H,2-4,7-13H2,1H3,(H,26,27). The fraction of sp³-hybridized carbons (Fsp3) is 0.522. The predicted octanol–water partition coefficient (Wildman–Crippen LogP) is 3.33. The number of fused-ring (bicyclic) bond motifs is 2. The van der Waals surface area contributed by atoms with Gasteiger partial charge < -0.3 is 4.90 Å². The van der Waals surface area contributed by atoms with Crippen molar-refractivity contribution in [2.24, 2.45) is 0 Å². The van der Waals surface area contributed by atoms with Gasteiger partial charge in [-0.05, 0) is 64.3 Å². The van der Waals surface area contributed by atoms with Crippen molar-refractivity contribution in [3.05, 3.63) is 57.1 Å². The van der Waals surface area contributed by atoms with Crippen LogP contribution >= 0.6 is 0 Å². The van der Waals surface area contributed by atoms with Crippen LogP contribution in [0.3, 0.4) is 0 Å². The quantitative estimate of drug-likeness (QED) is 0.718. The Labute approximate surface area is 175 Å². The average molecular weight is 410 g/mol. The number of hydrogen-bond acceptors (Lipinski definition) is 4. The summed E-state index contributed by atoms with van der Waals surface area (Å²) in [4.78, 5) is 20.1. The van der Waals surface area contributed by atoms with Crippen LogP contribution in [0.1, 0.15) is 54.4 Å². The maximum absolute atomic E-state index is 13.4. The molecule has 0 saturated carbocycles. The Hall–Kier alpha value is -2.54. The van der Waals surface area contributed by atoms with Crippen molar-refractivity contribution < 1.29 is 4.39 Å². The molecule has 3 aromatic rings. The molecule has 0 radical (unpaired) electrons. The number of rotatable bonds is 4. The lowest BCUT2D eigenvalue weighted by Gasteiger charge is -2.31. The number of aromatic nitrogens is 4. The SMILES string of the molecule is Cc1nc2n(c(=O)c1CCN1CCC(c3[nH]nc4cc(F)ccc34)CC1)CCCC2. The topological polar surface area (TPSA) is 66.8 Å². The Morgan fingerprint density at radius 2 is 2.03 bits per heavy atom. The molecule has 4 heterocycles. The molecule has 1 N–H and O–H groups in total. The number of nitrogens with one attached hydrogen (secondary N) is 1. The Bertz CT molecular complexity index is 1130. The molecule has 0 atom stereocenters. The molecule has 1 fully saturated rings. The summed E-state index contributed by atoms with van der Waals surface area (Å²) in [5, 5.41) is 8.45. The summed E-state index contributed by atoms with van der Waals surface area (Å²) < 4.78 is 15.3. The van der Waals surface area contributed by atoms with E-state index in [1.54, 1.807) is 0 Å². The molecule has 2 aromatic heterocycles. The van der Waals surface area contributed by atoms with E-state index in [0.717, 1.165) is 92.9 Å². The third kappa shape index (κ3) is 3.55. The molecule has 0 unspecified atom stereocenters. The zero-order chi connectivity index (χ0) is 20.7. The molecule has 5 rings (SSSR count). The number of halogens is 1. The molecule has 1 saturated heterocycles. The summed E-state index contributed by atoms with van der Waals surface area (Å²) in [5.74, 6) is 1.12. The first-order valence-corrected chi connectivity index (χ1v) is 11.0. The number of piperidine rings is 1. The van der Waals surface area contributed by atoms with Crippen LogP contribution in [0.15, 0.2) is 23.0 Å². The number of aryl methyl sites for hydroxylation is 2. The second-order valence-corrected chi connectivity index (χ2v) is 8.67. The van der Waals surface area contributed by atoms with Crippen molar-refractivity contribution in [1.29, 1.82) is 0 Å². The number of aromatic amines is 1. The summed E-state index contributed by atoms with van der Waals surface area (Å²) in [6.07, 6.45) is 5.94. The van der Waals surface area contributed by atoms with Crippen molar-refractivity contribution in [1.82, 2.24) is 24.6 Å². The van der Waals surface area contributed by atoms with Gasteiger partial charge in [0.2, 0.25) is 0 Å². The smallest absolute Gasteiger partial charge is 0.256 e. The molecule has 0 spiro atoms. The highest BCUT2D eigenvalue weighted by Gasteiger charge is 2.24. The summed E-state index contributed by atoms with van der Waals surface area (Å²) in [6.45, 7) is 5.65. The van der Waals surface area contributed by atoms with Gasteiger partial charge in [-0.1, -0.05) is 0 Å². The molecule has 2 aliphatic heterocycles. The molecule has 0 bridgehead atoms. The third-order valence-corrected chi connectivity index (χ3v) is 6.80. The van der Waals surface area contributed by atoms with E-state index in [1.165, 1.54) is 12.1 Å². The third-order valence-electron chi connectivity index (χ3n) is 6.80. The van der Waals surface area contributed by atoms with Gasteiger partial charge in [-0.3, -0.25) is 14.5 Å². The molecule has 0 amide bonds. The van der Waals surface area contributed by atoms with E-state index in [4.69, 9.17) is 4.98 Å². The van der Waals surface area contributed by atoms with Gasteiger partial charge in [-0.15, -0.1) is 0 Å². The van der Waals surface area contributed by atoms with Crippen LogP contribution in [-0.2, 0) is 19.4 Å². The van der Waals surface area contributed by atoms with Gasteiger partial charge in [0.1, 0.15) is 11.6 Å². The minimum atomic E-state index is -0.252. The molecule has 7 heteroatoms. The first-order chi connectivity index (χ1) is 14.6. The monoisotopic (exact) mass is 409 g/mol. The Morgan fingerprint density at radius 3 is 2.87 bits per heavy atom. The van der Waals surface area contributed by atoms with Gasteiger partial charge in [0.05, 0.1) is 5.52 Å². The summed E-state index contributed by atoms with van der Waals surface area (Å²) >= 11 is 0. The zero-order valence-electron chi connectivity index (χ0n) is 17.5. The van der Waals surface area contributed by atoms with Crippen LogP contribution in [0.5, 0.6) is 0 Å². The maximum atomic E-state index is 13.4. The predicted molar refractivity (Wildman–Crippen MR) is 114 cm³/mol. The van der Waals surface area contributed by atoms with E-state index in [1.807, 2.05) is 17.6 Å². The van der Waals surface area contributed by atoms with Gasteiger partial charge in [0.15, 0.2) is 0 Å². The van der Waals surface area contributed by atoms with Gasteiger partial charge in [0.25, 0.3) is 5.56 Å². The molecular weight excluding hydrogens is 381 g/mol. The maximum Gasteiger partial charge on any atom is 0.256 e. The highest BCUT2D eigenvalue weighted by atomic mass is 19.1. The lowest BCUT2D eigenvalue weighted by Crippen LogP contribution is -2.37. The van der Waals surface area contributed by atoms with E-state index in [2.05, 4.69) is 15.1 Å². The molecular formula is C23H28FN5O. The molecule has 30 heavy (non-hydrogen) atoms. The Kier molecular flexibility index (Phi) is 5.15. The minimum absolute atomic E-state index is 0.170. The molecule has 158 valence electrons. The Morgan fingerprint density at radius 1 is 1.20 bits per heavy atom. The lowest BCUT2D eigenvalue weighted by atomic mass is 9.91. The number of hydrogen-bond donors (Lipinski definition) is 1. The van der Waals surface area contributed by atoms with Crippen LogP contribution < -0.4 is 5.56 Å². The van der Waals surface area contributed by atoms with E-state index >= 15 is 0 Å². The van der Waals surface area contributed by atoms with Crippen molar-refractivity contribution >= 4 is 10.9 Å².